The number of benzene rings is 1. The third-order valence-corrected chi connectivity index (χ3v) is 3.94. The van der Waals surface area contributed by atoms with Gasteiger partial charge in [0, 0.05) is 32.9 Å². The number of hydrogen-bond acceptors (Lipinski definition) is 3. The van der Waals surface area contributed by atoms with Crippen LogP contribution in [0.3, 0.4) is 0 Å². The number of hydrogen-bond donors (Lipinski definition) is 0. The average Bonchev–Trinajstić information content (AvgIpc) is 2.89. The lowest BCUT2D eigenvalue weighted by Crippen LogP contribution is -1.89. The van der Waals surface area contributed by atoms with Crippen LogP contribution in [0.25, 0.3) is 5.57 Å². The first-order valence-electron chi connectivity index (χ1n) is 5.43. The monoisotopic (exact) mass is 278 g/mol. The van der Waals surface area contributed by atoms with E-state index in [1.165, 1.54) is 0 Å². The summed E-state index contributed by atoms with van der Waals surface area (Å²) in [7, 11) is 0.670. The van der Waals surface area contributed by atoms with E-state index < -0.39 is 10.8 Å². The molecule has 94 valence electrons. The maximum absolute atomic E-state index is 11.5. The Kier molecular flexibility index (Phi) is 4.33. The molecule has 1 unspecified atom stereocenters. The highest BCUT2D eigenvalue weighted by Gasteiger charge is 2.07. The molecule has 1 heterocycles. The molecule has 0 fully saturated rings. The van der Waals surface area contributed by atoms with Crippen LogP contribution < -0.4 is 4.74 Å². The van der Waals surface area contributed by atoms with Gasteiger partial charge in [0.15, 0.2) is 0 Å². The molecule has 2 aromatic rings. The van der Waals surface area contributed by atoms with Crippen molar-refractivity contribution in [2.45, 2.75) is 0 Å². The highest BCUT2D eigenvalue weighted by molar-refractivity contribution is 7.87. The summed E-state index contributed by atoms with van der Waals surface area (Å²) in [6, 6.07) is 11.8. The Labute approximate surface area is 113 Å². The maximum atomic E-state index is 11.5. The van der Waals surface area contributed by atoms with E-state index in [1.807, 2.05) is 41.8 Å². The van der Waals surface area contributed by atoms with Crippen LogP contribution in [-0.2, 0) is 10.8 Å². The fourth-order valence-electron chi connectivity index (χ4n) is 1.64. The Hall–Kier alpha value is -1.39. The molecule has 2 rings (SSSR count). The van der Waals surface area contributed by atoms with Crippen LogP contribution in [0, 0.1) is 0 Å². The van der Waals surface area contributed by atoms with Gasteiger partial charge in [-0.15, -0.1) is 11.3 Å². The van der Waals surface area contributed by atoms with Gasteiger partial charge in [0.05, 0.1) is 7.11 Å². The quantitative estimate of drug-likeness (QED) is 0.855. The molecule has 1 atom stereocenters. The van der Waals surface area contributed by atoms with Crippen LogP contribution in [0.15, 0.2) is 47.2 Å². The van der Waals surface area contributed by atoms with Crippen LogP contribution in [-0.4, -0.2) is 17.6 Å². The summed E-state index contributed by atoms with van der Waals surface area (Å²) in [5.41, 5.74) is 2.06. The molecule has 1 aromatic heterocycles. The molecule has 0 amide bonds. The molecule has 2 nitrogen and oxygen atoms in total. The molecule has 0 aliphatic carbocycles. The second-order valence-corrected chi connectivity index (χ2v) is 5.92. The van der Waals surface area contributed by atoms with Crippen molar-refractivity contribution < 1.29 is 8.95 Å². The minimum atomic E-state index is -0.975. The van der Waals surface area contributed by atoms with E-state index in [0.717, 1.165) is 21.8 Å². The molecular weight excluding hydrogens is 264 g/mol. The molecule has 0 aliphatic heterocycles. The van der Waals surface area contributed by atoms with Crippen LogP contribution in [0.1, 0.15) is 10.4 Å². The van der Waals surface area contributed by atoms with Gasteiger partial charge >= 0.3 is 0 Å². The van der Waals surface area contributed by atoms with Gasteiger partial charge in [-0.25, -0.2) is 0 Å². The smallest absolute Gasteiger partial charge is 0.118 e. The first-order chi connectivity index (χ1) is 8.70. The minimum Gasteiger partial charge on any atom is -0.497 e. The van der Waals surface area contributed by atoms with Crippen molar-refractivity contribution in [1.82, 2.24) is 0 Å². The predicted molar refractivity (Wildman–Crippen MR) is 78.5 cm³/mol. The van der Waals surface area contributed by atoms with Gasteiger partial charge in [-0.05, 0) is 29.1 Å². The molecule has 0 saturated heterocycles. The standard InChI is InChI=1S/C14H14O2S2/c1-16-12-7-5-11(6-8-12)13(10-18(2)15)14-4-3-9-17-14/h3-10H,1-2H3. The zero-order valence-corrected chi connectivity index (χ0v) is 11.9. The third-order valence-electron chi connectivity index (χ3n) is 2.47. The molecule has 0 spiro atoms. The van der Waals surface area contributed by atoms with E-state index in [-0.39, 0.29) is 0 Å². The molecule has 0 radical (unpaired) electrons. The lowest BCUT2D eigenvalue weighted by molar-refractivity contribution is 0.415. The lowest BCUT2D eigenvalue weighted by atomic mass is 10.1. The Balaban J connectivity index is 2.43. The van der Waals surface area contributed by atoms with Gasteiger partial charge in [-0.3, -0.25) is 4.21 Å². The third kappa shape index (κ3) is 3.09. The van der Waals surface area contributed by atoms with Crippen molar-refractivity contribution in [3.63, 3.8) is 0 Å². The van der Waals surface area contributed by atoms with Crippen molar-refractivity contribution in [1.29, 1.82) is 0 Å². The van der Waals surface area contributed by atoms with Gasteiger partial charge in [0.1, 0.15) is 5.75 Å². The summed E-state index contributed by atoms with van der Waals surface area (Å²) in [5.74, 6) is 0.821. The van der Waals surface area contributed by atoms with Crippen molar-refractivity contribution >= 4 is 27.7 Å². The first-order valence-corrected chi connectivity index (χ1v) is 7.93. The Bertz CT molecular complexity index is 554. The van der Waals surface area contributed by atoms with Crippen LogP contribution in [0.5, 0.6) is 5.75 Å². The normalized spacial score (nSPS) is 13.3. The van der Waals surface area contributed by atoms with Gasteiger partial charge in [-0.2, -0.15) is 0 Å². The summed E-state index contributed by atoms with van der Waals surface area (Å²) in [4.78, 5) is 1.12. The predicted octanol–water partition coefficient (Wildman–Crippen LogP) is 3.52. The number of methoxy groups -OCH3 is 1. The molecule has 4 heteroatoms. The van der Waals surface area contributed by atoms with E-state index in [9.17, 15) is 4.21 Å². The van der Waals surface area contributed by atoms with E-state index in [4.69, 9.17) is 4.74 Å². The fraction of sp³-hybridized carbons (Fsp3) is 0.143. The Morgan fingerprint density at radius 2 is 2.00 bits per heavy atom. The summed E-state index contributed by atoms with van der Waals surface area (Å²) in [6.45, 7) is 0. The van der Waals surface area contributed by atoms with E-state index in [2.05, 4.69) is 0 Å². The van der Waals surface area contributed by atoms with Gasteiger partial charge in [0.25, 0.3) is 0 Å². The van der Waals surface area contributed by atoms with Crippen molar-refractivity contribution in [2.75, 3.05) is 13.4 Å². The highest BCUT2D eigenvalue weighted by atomic mass is 32.2. The zero-order valence-electron chi connectivity index (χ0n) is 10.3. The number of ether oxygens (including phenoxy) is 1. The SMILES string of the molecule is COc1ccc(C(=CS(C)=O)c2cccs2)cc1. The molecule has 0 saturated carbocycles. The van der Waals surface area contributed by atoms with Crippen molar-refractivity contribution in [3.8, 4) is 5.75 Å². The van der Waals surface area contributed by atoms with Gasteiger partial charge in [0.2, 0.25) is 0 Å². The van der Waals surface area contributed by atoms with Gasteiger partial charge < -0.3 is 4.74 Å². The minimum absolute atomic E-state index is 0.821. The highest BCUT2D eigenvalue weighted by Crippen LogP contribution is 2.28. The molecular formula is C14H14O2S2. The second-order valence-electron chi connectivity index (χ2n) is 3.74. The largest absolute Gasteiger partial charge is 0.497 e. The maximum Gasteiger partial charge on any atom is 0.118 e. The second kappa shape index (κ2) is 5.98. The zero-order chi connectivity index (χ0) is 13.0. The Morgan fingerprint density at radius 1 is 1.28 bits per heavy atom. The summed E-state index contributed by atoms with van der Waals surface area (Å²) < 4.78 is 16.6. The number of rotatable bonds is 4. The Morgan fingerprint density at radius 3 is 2.50 bits per heavy atom. The van der Waals surface area contributed by atoms with Crippen LogP contribution >= 0.6 is 11.3 Å². The van der Waals surface area contributed by atoms with E-state index in [1.54, 1.807) is 30.1 Å². The van der Waals surface area contributed by atoms with Crippen LogP contribution in [0.2, 0.25) is 0 Å². The summed E-state index contributed by atoms with van der Waals surface area (Å²) in [6.07, 6.45) is 1.68. The van der Waals surface area contributed by atoms with Crippen molar-refractivity contribution in [2.24, 2.45) is 0 Å². The summed E-state index contributed by atoms with van der Waals surface area (Å²) >= 11 is 1.64. The fourth-order valence-corrected chi connectivity index (χ4v) is 3.07. The van der Waals surface area contributed by atoms with E-state index >= 15 is 0 Å². The average molecular weight is 278 g/mol. The lowest BCUT2D eigenvalue weighted by Gasteiger charge is -2.06. The van der Waals surface area contributed by atoms with Gasteiger partial charge in [-0.1, -0.05) is 18.2 Å². The molecule has 0 N–H and O–H groups in total. The molecule has 0 bridgehead atoms. The van der Waals surface area contributed by atoms with Crippen LogP contribution in [0.4, 0.5) is 0 Å². The number of thiophene rings is 1. The van der Waals surface area contributed by atoms with Crippen molar-refractivity contribution in [3.05, 3.63) is 57.6 Å². The first kappa shape index (κ1) is 13.1. The van der Waals surface area contributed by atoms with E-state index in [0.29, 0.717) is 0 Å². The summed E-state index contributed by atoms with van der Waals surface area (Å²) in [5, 5.41) is 3.80. The molecule has 18 heavy (non-hydrogen) atoms. The molecule has 1 aromatic carbocycles. The molecule has 0 aliphatic rings. The topological polar surface area (TPSA) is 26.3 Å².